The molecule has 0 radical (unpaired) electrons. The minimum Gasteiger partial charge on any atom is -0.497 e. The Morgan fingerprint density at radius 3 is 2.77 bits per heavy atom. The highest BCUT2D eigenvalue weighted by Gasteiger charge is 2.44. The maximum absolute atomic E-state index is 13.1. The van der Waals surface area contributed by atoms with E-state index in [1.54, 1.807) is 53.2 Å². The van der Waals surface area contributed by atoms with Crippen LogP contribution in [0.3, 0.4) is 0 Å². The van der Waals surface area contributed by atoms with E-state index in [2.05, 4.69) is 13.5 Å². The van der Waals surface area contributed by atoms with Crippen LogP contribution in [0.25, 0.3) is 11.1 Å². The van der Waals surface area contributed by atoms with Crippen LogP contribution in [-0.2, 0) is 16.9 Å². The molecule has 0 spiro atoms. The number of furan rings is 1. The van der Waals surface area contributed by atoms with E-state index >= 15 is 0 Å². The van der Waals surface area contributed by atoms with Gasteiger partial charge in [0.15, 0.2) is 17.0 Å². The summed E-state index contributed by atoms with van der Waals surface area (Å²) in [6.07, 6.45) is 0. The van der Waals surface area contributed by atoms with Crippen molar-refractivity contribution in [2.24, 2.45) is 8.94 Å². The molecule has 3 aromatic rings. The molecular formula is C21H18I2N6O6. The molecule has 3 heterocycles. The number of imide groups is 1. The Labute approximate surface area is 225 Å². The van der Waals surface area contributed by atoms with Crippen LogP contribution >= 0.6 is 45.5 Å². The SMILES string of the molecule is COc1ccc2c(c1)C(=O)N(C[C@@](N)(C(=O)NC(=O)I)c1cc3nc(C(=NI)NO)ccc3o1)C2. The van der Waals surface area contributed by atoms with Crippen LogP contribution in [0, 0.1) is 0 Å². The number of halogens is 2. The van der Waals surface area contributed by atoms with Crippen LogP contribution in [0.2, 0.25) is 0 Å². The third kappa shape index (κ3) is 4.82. The first-order chi connectivity index (χ1) is 16.7. The summed E-state index contributed by atoms with van der Waals surface area (Å²) < 4.78 is 14.3. The van der Waals surface area contributed by atoms with Crippen LogP contribution in [0.5, 0.6) is 5.75 Å². The van der Waals surface area contributed by atoms with Gasteiger partial charge in [-0.25, -0.2) is 10.5 Å². The van der Waals surface area contributed by atoms with E-state index in [0.29, 0.717) is 28.1 Å². The molecule has 1 aromatic carbocycles. The number of nitrogens with one attached hydrogen (secondary N) is 2. The Morgan fingerprint density at radius 2 is 2.11 bits per heavy atom. The number of carbonyl (C=O) groups excluding carboxylic acids is 3. The number of benzene rings is 1. The average Bonchev–Trinajstić information content (AvgIpc) is 3.40. The van der Waals surface area contributed by atoms with Crippen molar-refractivity contribution in [3.63, 3.8) is 0 Å². The number of amides is 3. The molecule has 0 fully saturated rings. The van der Waals surface area contributed by atoms with Gasteiger partial charge in [0.1, 0.15) is 22.7 Å². The lowest BCUT2D eigenvalue weighted by Crippen LogP contribution is -2.58. The summed E-state index contributed by atoms with van der Waals surface area (Å²) in [6, 6.07) is 9.71. The van der Waals surface area contributed by atoms with Crippen molar-refractivity contribution >= 4 is 78.1 Å². The number of aromatic nitrogens is 1. The number of hydrogen-bond donors (Lipinski definition) is 4. The minimum atomic E-state index is -1.92. The molecule has 5 N–H and O–H groups in total. The Bertz CT molecular complexity index is 1380. The number of pyridine rings is 1. The number of ether oxygens (including phenoxy) is 1. The number of rotatable bonds is 6. The Balaban J connectivity index is 1.73. The predicted molar refractivity (Wildman–Crippen MR) is 141 cm³/mol. The molecule has 12 nitrogen and oxygen atoms in total. The number of amidine groups is 1. The quantitative estimate of drug-likeness (QED) is 0.0751. The van der Waals surface area contributed by atoms with Gasteiger partial charge in [0, 0.05) is 40.8 Å². The second-order valence-corrected chi connectivity index (χ2v) is 9.08. The second-order valence-electron chi connectivity index (χ2n) is 7.62. The van der Waals surface area contributed by atoms with Gasteiger partial charge in [0.2, 0.25) is 0 Å². The van der Waals surface area contributed by atoms with Gasteiger partial charge in [-0.2, -0.15) is 3.21 Å². The lowest BCUT2D eigenvalue weighted by atomic mass is 9.95. The van der Waals surface area contributed by atoms with Crippen LogP contribution in [-0.4, -0.2) is 50.3 Å². The first kappa shape index (κ1) is 25.3. The fourth-order valence-corrected chi connectivity index (χ4v) is 4.35. The molecule has 14 heteroatoms. The summed E-state index contributed by atoms with van der Waals surface area (Å²) in [6.45, 7) is -0.0627. The predicted octanol–water partition coefficient (Wildman–Crippen LogP) is 2.39. The summed E-state index contributed by atoms with van der Waals surface area (Å²) in [5.74, 6) is -0.547. The molecule has 1 aliphatic rings. The zero-order valence-electron chi connectivity index (χ0n) is 18.0. The maximum atomic E-state index is 13.1. The summed E-state index contributed by atoms with van der Waals surface area (Å²) in [7, 11) is 1.50. The minimum absolute atomic E-state index is 0.00134. The highest BCUT2D eigenvalue weighted by molar-refractivity contribution is 14.1. The van der Waals surface area contributed by atoms with Gasteiger partial charge in [-0.1, -0.05) is 6.07 Å². The Morgan fingerprint density at radius 1 is 1.34 bits per heavy atom. The van der Waals surface area contributed by atoms with Gasteiger partial charge in [-0.05, 0) is 29.8 Å². The highest BCUT2D eigenvalue weighted by atomic mass is 127. The van der Waals surface area contributed by atoms with Gasteiger partial charge in [0.25, 0.3) is 15.7 Å². The third-order valence-electron chi connectivity index (χ3n) is 5.50. The number of nitrogens with two attached hydrogens (primary N) is 1. The summed E-state index contributed by atoms with van der Waals surface area (Å²) in [4.78, 5) is 43.7. The van der Waals surface area contributed by atoms with Gasteiger partial charge in [-0.15, -0.1) is 0 Å². The van der Waals surface area contributed by atoms with Crippen molar-refractivity contribution in [2.45, 2.75) is 12.1 Å². The van der Waals surface area contributed by atoms with E-state index in [-0.39, 0.29) is 30.6 Å². The molecule has 0 bridgehead atoms. The van der Waals surface area contributed by atoms with Gasteiger partial charge >= 0.3 is 0 Å². The fraction of sp³-hybridized carbons (Fsp3) is 0.190. The zero-order valence-corrected chi connectivity index (χ0v) is 22.4. The Kier molecular flexibility index (Phi) is 7.25. The van der Waals surface area contributed by atoms with Gasteiger partial charge in [-0.3, -0.25) is 24.9 Å². The largest absolute Gasteiger partial charge is 0.497 e. The molecular weight excluding hydrogens is 686 g/mol. The Hall–Kier alpha value is -2.83. The molecule has 1 atom stereocenters. The topological polar surface area (TPSA) is 172 Å². The van der Waals surface area contributed by atoms with E-state index in [0.717, 1.165) is 5.56 Å². The van der Waals surface area contributed by atoms with Crippen LogP contribution in [0.1, 0.15) is 27.4 Å². The normalized spacial score (nSPS) is 15.1. The summed E-state index contributed by atoms with van der Waals surface area (Å²) in [5, 5.41) is 11.4. The van der Waals surface area contributed by atoms with E-state index < -0.39 is 15.4 Å². The van der Waals surface area contributed by atoms with Crippen molar-refractivity contribution in [3.05, 3.63) is 59.0 Å². The number of carbonyl (C=O) groups is 3. The lowest BCUT2D eigenvalue weighted by molar-refractivity contribution is -0.126. The van der Waals surface area contributed by atoms with Crippen molar-refractivity contribution in [1.29, 1.82) is 0 Å². The molecule has 4 rings (SSSR count). The maximum Gasteiger partial charge on any atom is 0.287 e. The van der Waals surface area contributed by atoms with Crippen molar-refractivity contribution in [2.75, 3.05) is 13.7 Å². The van der Waals surface area contributed by atoms with E-state index in [9.17, 15) is 19.6 Å². The average molecular weight is 704 g/mol. The van der Waals surface area contributed by atoms with Crippen molar-refractivity contribution in [1.82, 2.24) is 20.7 Å². The van der Waals surface area contributed by atoms with E-state index in [4.69, 9.17) is 14.9 Å². The molecule has 3 amide bonds. The molecule has 1 aliphatic heterocycles. The van der Waals surface area contributed by atoms with Gasteiger partial charge < -0.3 is 19.8 Å². The van der Waals surface area contributed by atoms with E-state index in [1.165, 1.54) is 40.7 Å². The number of hydrogen-bond acceptors (Lipinski definition) is 9. The third-order valence-corrected chi connectivity index (χ3v) is 6.25. The first-order valence-electron chi connectivity index (χ1n) is 9.96. The molecule has 0 aliphatic carbocycles. The molecule has 182 valence electrons. The molecule has 2 aromatic heterocycles. The highest BCUT2D eigenvalue weighted by Crippen LogP contribution is 2.32. The smallest absolute Gasteiger partial charge is 0.287 e. The van der Waals surface area contributed by atoms with Crippen LogP contribution in [0.15, 0.2) is 44.0 Å². The number of methoxy groups -OCH3 is 1. The lowest BCUT2D eigenvalue weighted by Gasteiger charge is -2.30. The number of nitrogens with zero attached hydrogens (tertiary/aromatic N) is 3. The fourth-order valence-electron chi connectivity index (χ4n) is 3.75. The van der Waals surface area contributed by atoms with Crippen molar-refractivity contribution < 1.29 is 28.7 Å². The van der Waals surface area contributed by atoms with Crippen LogP contribution in [0.4, 0.5) is 4.79 Å². The van der Waals surface area contributed by atoms with E-state index in [1.807, 2.05) is 5.48 Å². The monoisotopic (exact) mass is 704 g/mol. The number of fused-ring (bicyclic) bond motifs is 2. The molecule has 35 heavy (non-hydrogen) atoms. The summed E-state index contributed by atoms with van der Waals surface area (Å²) in [5.41, 5.74) is 8.74. The second kappa shape index (κ2) is 10.0. The summed E-state index contributed by atoms with van der Waals surface area (Å²) >= 11 is 3.12. The van der Waals surface area contributed by atoms with Gasteiger partial charge in [0.05, 0.1) is 36.5 Å². The first-order valence-corrected chi connectivity index (χ1v) is 12.0. The molecule has 0 saturated carbocycles. The molecule has 0 unspecified atom stereocenters. The molecule has 0 saturated heterocycles. The zero-order chi connectivity index (χ0) is 25.3. The number of hydroxylamine groups is 1. The van der Waals surface area contributed by atoms with Crippen molar-refractivity contribution in [3.8, 4) is 5.75 Å². The van der Waals surface area contributed by atoms with Crippen LogP contribution < -0.4 is 21.3 Å². The standard InChI is InChI=1S/C21H18I2N6O6/c1-34-11-3-2-10-8-29(18(30)12(10)6-11)9-21(24,19(31)26-20(22)32)16-7-14-15(35-16)5-4-13(25-14)17(27-23)28-33/h2-7,33H,8-9,24H2,1H3,(H,27,28)(H,26,31,32)/t21-/m0/s1.